The Morgan fingerprint density at radius 3 is 0.462 bits per heavy atom. The van der Waals surface area contributed by atoms with E-state index in [0.29, 0.717) is 40.5 Å². The van der Waals surface area contributed by atoms with Gasteiger partial charge in [0, 0.05) is 103 Å². The molecule has 7 unspecified atom stereocenters. The Kier molecular flexibility index (Phi) is 53.1. The molecule has 0 saturated carbocycles. The monoisotopic (exact) mass is 2060 g/mol. The van der Waals surface area contributed by atoms with Crippen LogP contribution >= 0.6 is 0 Å². The van der Waals surface area contributed by atoms with Crippen molar-refractivity contribution >= 4 is 136 Å². The number of aliphatic hydroxyl groups excluding tert-OH is 1. The molecule has 61 heteroatoms. The highest BCUT2D eigenvalue weighted by atomic mass is 16.8. The minimum atomic E-state index is -1.72. The number of imide groups is 8. The molecule has 8 rings (SSSR count). The van der Waals surface area contributed by atoms with Crippen LogP contribution in [0.5, 0.6) is 0 Å². The second kappa shape index (κ2) is 65.0. The quantitative estimate of drug-likeness (QED) is 0.0336. The van der Waals surface area contributed by atoms with Gasteiger partial charge in [0.1, 0.15) is 82.9 Å². The number of hydrogen-bond acceptors (Lipinski definition) is 53. The highest BCUT2D eigenvalue weighted by molar-refractivity contribution is 6.06. The number of carbonyl (C=O) groups excluding carboxylic acids is 23. The van der Waals surface area contributed by atoms with Gasteiger partial charge in [-0.2, -0.15) is 5.06 Å². The fourth-order valence-electron chi connectivity index (χ4n) is 12.4. The average molecular weight is 2060 g/mol. The third kappa shape index (κ3) is 44.3. The average Bonchev–Trinajstić information content (AvgIpc) is 1.77. The third-order valence-electron chi connectivity index (χ3n) is 19.3. The van der Waals surface area contributed by atoms with Gasteiger partial charge in [0.25, 0.3) is 94.5 Å². The zero-order valence-corrected chi connectivity index (χ0v) is 77.6. The van der Waals surface area contributed by atoms with Crippen LogP contribution < -0.4 is 0 Å². The van der Waals surface area contributed by atoms with E-state index in [4.69, 9.17) is 138 Å². The maximum atomic E-state index is 12.7. The Bertz CT molecular complexity index is 4200. The van der Waals surface area contributed by atoms with Crippen molar-refractivity contribution in [1.29, 1.82) is 0 Å². The van der Waals surface area contributed by atoms with Gasteiger partial charge < -0.3 is 138 Å². The minimum absolute atomic E-state index is 0.112. The Labute approximate surface area is 811 Å². The van der Waals surface area contributed by atoms with Gasteiger partial charge >= 0.3 is 41.8 Å². The smallest absolute Gasteiger partial charge is 0.358 e. The number of hydroxylamine groups is 16. The lowest BCUT2D eigenvalue weighted by molar-refractivity contribution is -0.256. The first-order valence-corrected chi connectivity index (χ1v) is 44.9. The second-order valence-electron chi connectivity index (χ2n) is 30.7. The zero-order valence-electron chi connectivity index (χ0n) is 77.6. The maximum Gasteiger partial charge on any atom is 0.358 e. The van der Waals surface area contributed by atoms with E-state index in [1.54, 1.807) is 0 Å². The number of ether oxygens (including phenoxy) is 21. The summed E-state index contributed by atoms with van der Waals surface area (Å²) in [6.45, 7) is -14.6. The molecule has 0 aromatic heterocycles. The molecule has 8 aliphatic heterocycles. The molecule has 0 bridgehead atoms. The van der Waals surface area contributed by atoms with Gasteiger partial charge in [-0.15, -0.1) is 35.4 Å². The molecular formula is C82H112N8O53. The third-order valence-corrected chi connectivity index (χ3v) is 19.3. The zero-order chi connectivity index (χ0) is 103. The molecule has 0 radical (unpaired) electrons. The van der Waals surface area contributed by atoms with Crippen LogP contribution in [0.2, 0.25) is 0 Å². The van der Waals surface area contributed by atoms with Crippen LogP contribution in [-0.4, -0.2) is 463 Å². The molecule has 8 heterocycles. The van der Waals surface area contributed by atoms with Crippen LogP contribution in [0.1, 0.15) is 103 Å². The molecule has 0 aliphatic carbocycles. The van der Waals surface area contributed by atoms with E-state index in [0.717, 1.165) is 0 Å². The summed E-state index contributed by atoms with van der Waals surface area (Å²) >= 11 is 0. The maximum absolute atomic E-state index is 12.7. The molecule has 0 aromatic rings. The first-order chi connectivity index (χ1) is 68.9. The van der Waals surface area contributed by atoms with Crippen LogP contribution in [0.4, 0.5) is 0 Å². The summed E-state index contributed by atoms with van der Waals surface area (Å²) in [4.78, 5) is 320. The van der Waals surface area contributed by atoms with Gasteiger partial charge in [-0.1, -0.05) is 0 Å². The summed E-state index contributed by atoms with van der Waals surface area (Å²) < 4.78 is 122. The fourth-order valence-corrected chi connectivity index (χ4v) is 12.4. The largest absolute Gasteiger partial charge is 0.376 e. The van der Waals surface area contributed by atoms with E-state index in [1.807, 2.05) is 0 Å². The summed E-state index contributed by atoms with van der Waals surface area (Å²) in [5, 5.41) is 13.0. The van der Waals surface area contributed by atoms with Gasteiger partial charge in [-0.05, 0) is 0 Å². The van der Waals surface area contributed by atoms with Gasteiger partial charge in [-0.3, -0.25) is 76.7 Å². The van der Waals surface area contributed by atoms with Crippen molar-refractivity contribution in [3.05, 3.63) is 0 Å². The van der Waals surface area contributed by atoms with Crippen molar-refractivity contribution in [3.63, 3.8) is 0 Å². The molecule has 143 heavy (non-hydrogen) atoms. The molecule has 1 N–H and O–H groups in total. The SMILES string of the molecule is O=C(COCCOCC(COCC(COCC(COCC(COCC(COCC(COCCOCC(O)ON1C(=O)CCC1=O)OCCOCC(=O)ON1C(=O)CCC1=O)OCCOCC(=O)ON1C(=O)CCC1=O)OCCOCC(=O)ON1C(=O)CCC1=O)OCCOCC(=O)ON1C(=O)CCC1=O)OCCOCC(=O)ON1C(=O)CCC1=O)OCCOCC(=O)ON1C(=O)CCC1=O)ON1C(=O)CCC1=O. The van der Waals surface area contributed by atoms with Crippen molar-refractivity contribution in [2.45, 2.75) is 146 Å². The molecule has 8 aliphatic rings. The molecule has 0 spiro atoms. The molecule has 8 saturated heterocycles. The lowest BCUT2D eigenvalue weighted by Gasteiger charge is -2.24. The first-order valence-electron chi connectivity index (χ1n) is 44.9. The number of rotatable bonds is 79. The lowest BCUT2D eigenvalue weighted by Crippen LogP contribution is -2.36. The number of carbonyl (C=O) groups is 23. The Morgan fingerprint density at radius 2 is 0.301 bits per heavy atom. The van der Waals surface area contributed by atoms with Crippen LogP contribution in [-0.2, 0) is 248 Å². The molecular weight excluding hydrogens is 1940 g/mol. The summed E-state index contributed by atoms with van der Waals surface area (Å²) in [7, 11) is 0. The van der Waals surface area contributed by atoms with Crippen molar-refractivity contribution in [1.82, 2.24) is 40.5 Å². The number of amides is 16. The van der Waals surface area contributed by atoms with Crippen LogP contribution in [0.3, 0.4) is 0 Å². The number of nitrogens with zero attached hydrogens (tertiary/aromatic N) is 8. The highest BCUT2D eigenvalue weighted by Crippen LogP contribution is 2.21. The first kappa shape index (κ1) is 117. The fraction of sp³-hybridized carbons (Fsp3) is 0.720. The van der Waals surface area contributed by atoms with Gasteiger partial charge in [0.2, 0.25) is 6.29 Å². The van der Waals surface area contributed by atoms with E-state index < -0.39 is 258 Å². The predicted molar refractivity (Wildman–Crippen MR) is 439 cm³/mol. The van der Waals surface area contributed by atoms with Gasteiger partial charge in [-0.25, -0.2) is 38.4 Å². The molecule has 8 fully saturated rings. The van der Waals surface area contributed by atoms with Gasteiger partial charge in [0.15, 0.2) is 0 Å². The van der Waals surface area contributed by atoms with Crippen LogP contribution in [0.25, 0.3) is 0 Å². The number of hydrogen-bond donors (Lipinski definition) is 1. The molecule has 7 atom stereocenters. The predicted octanol–water partition coefficient (Wildman–Crippen LogP) is -7.80. The van der Waals surface area contributed by atoms with E-state index >= 15 is 0 Å². The van der Waals surface area contributed by atoms with Crippen molar-refractivity contribution in [2.24, 2.45) is 0 Å². The van der Waals surface area contributed by atoms with E-state index in [2.05, 4.69) is 0 Å². The van der Waals surface area contributed by atoms with Crippen molar-refractivity contribution in [2.75, 3.05) is 238 Å². The molecule has 61 nitrogen and oxygen atoms in total. The summed E-state index contributed by atoms with van der Waals surface area (Å²) in [5.74, 6) is -19.4. The van der Waals surface area contributed by atoms with Gasteiger partial charge in [0.05, 0.1) is 192 Å². The Hall–Kier alpha value is -11.5. The van der Waals surface area contributed by atoms with Crippen molar-refractivity contribution in [3.8, 4) is 0 Å². The lowest BCUT2D eigenvalue weighted by atomic mass is 10.3. The van der Waals surface area contributed by atoms with Crippen LogP contribution in [0, 0.1) is 0 Å². The minimum Gasteiger partial charge on any atom is -0.376 e. The van der Waals surface area contributed by atoms with E-state index in [1.165, 1.54) is 0 Å². The Morgan fingerprint density at radius 1 is 0.175 bits per heavy atom. The van der Waals surface area contributed by atoms with Crippen molar-refractivity contribution < 1.29 is 254 Å². The van der Waals surface area contributed by atoms with E-state index in [-0.39, 0.29) is 261 Å². The van der Waals surface area contributed by atoms with E-state index in [9.17, 15) is 115 Å². The highest BCUT2D eigenvalue weighted by Gasteiger charge is 2.41. The summed E-state index contributed by atoms with van der Waals surface area (Å²) in [6, 6.07) is 0. The molecule has 798 valence electrons. The Balaban J connectivity index is 0.948. The summed E-state index contributed by atoms with van der Waals surface area (Å²) in [5.41, 5.74) is 0. The second-order valence-corrected chi connectivity index (χ2v) is 30.7. The topological polar surface area (TPSA) is 706 Å². The molecule has 0 aromatic carbocycles. The standard InChI is InChI=1S/C82H112N8O53/c91-59-1-2-60(92)83(59)136-75(107)45-117-19-17-115-33-53(130-27-21-119-47-77(109)138-85-63(95)5-6-64(85)96)35-125-37-55(132-29-23-121-49-79(111)140-87-67(99)9-10-68(87)100)39-127-41-57(134-31-25-123-51-81(113)142-89-71(103)13-14-72(89)104)43-129-44-58(135-32-26-124-52-82(114)143-90-73(105)15-16-74(90)106)42-128-40-56(133-30-24-122-50-80(112)141-88-69(101)11-12-70(88)102)38-126-36-54(131-28-22-120-48-78(110)139-86-65(97)7-8-66(86)98)34-116-18-20-118-46-76(108)137-84-61(93)3-4-62(84)94/h53-58,75,107H,1-52H2. The summed E-state index contributed by atoms with van der Waals surface area (Å²) in [6.07, 6.45) is -10.9. The van der Waals surface area contributed by atoms with Crippen LogP contribution in [0.15, 0.2) is 0 Å². The normalized spacial score (nSPS) is 17.9. The molecule has 16 amide bonds. The number of aliphatic hydroxyl groups is 1.